The number of hydrogen-bond acceptors (Lipinski definition) is 3. The number of hydrogen-bond donors (Lipinski definition) is 1. The first kappa shape index (κ1) is 18.8. The van der Waals surface area contributed by atoms with Gasteiger partial charge in [-0.05, 0) is 49.4 Å². The van der Waals surface area contributed by atoms with Crippen LogP contribution in [-0.4, -0.2) is 38.8 Å². The first-order valence-corrected chi connectivity index (χ1v) is 8.11. The van der Waals surface area contributed by atoms with Crippen LogP contribution in [0.4, 0.5) is 4.39 Å². The van der Waals surface area contributed by atoms with Crippen molar-refractivity contribution < 1.29 is 23.6 Å². The molecule has 25 heavy (non-hydrogen) atoms. The van der Waals surface area contributed by atoms with Gasteiger partial charge in [-0.25, -0.2) is 4.39 Å². The molecule has 2 aromatic carbocycles. The normalized spacial score (nSPS) is 12.1. The van der Waals surface area contributed by atoms with Crippen molar-refractivity contribution in [2.24, 2.45) is 0 Å². The lowest BCUT2D eigenvalue weighted by atomic mass is 9.95. The Morgan fingerprint density at radius 3 is 2.20 bits per heavy atom. The number of Topliss-reactive ketones (excluding diaryl/α,β-unsaturated/α-hetero) is 2. The molecule has 0 spiro atoms. The number of likely N-dealkylation sites (N-methyl/N-ethyl adjacent to an activating group) is 1. The van der Waals surface area contributed by atoms with Crippen LogP contribution < -0.4 is 9.64 Å². The van der Waals surface area contributed by atoms with Gasteiger partial charge in [0.05, 0.1) is 21.2 Å². The van der Waals surface area contributed by atoms with E-state index in [1.165, 1.54) is 31.2 Å². The van der Waals surface area contributed by atoms with E-state index in [1.54, 1.807) is 25.3 Å². The predicted octanol–water partition coefficient (Wildman–Crippen LogP) is 1.98. The molecule has 0 saturated carbocycles. The average molecular weight is 344 g/mol. The molecule has 2 rings (SSSR count). The molecule has 0 aliphatic heterocycles. The third-order valence-electron chi connectivity index (χ3n) is 4.25. The van der Waals surface area contributed by atoms with Gasteiger partial charge in [-0.2, -0.15) is 0 Å². The molecule has 0 aliphatic carbocycles. The van der Waals surface area contributed by atoms with Gasteiger partial charge in [0, 0.05) is 23.1 Å². The van der Waals surface area contributed by atoms with Gasteiger partial charge in [0.2, 0.25) is 5.78 Å². The van der Waals surface area contributed by atoms with Crippen LogP contribution in [0.15, 0.2) is 42.5 Å². The lowest BCUT2D eigenvalue weighted by molar-refractivity contribution is -0.874. The SMILES string of the molecule is COc1ccc(C(C)=O)cc1C[C@H](C(=O)c1ccc(F)cc1)[NH+](C)C. The second-order valence-corrected chi connectivity index (χ2v) is 6.29. The fourth-order valence-corrected chi connectivity index (χ4v) is 2.75. The molecule has 0 heterocycles. The van der Waals surface area contributed by atoms with Crippen LogP contribution >= 0.6 is 0 Å². The highest BCUT2D eigenvalue weighted by Crippen LogP contribution is 2.22. The van der Waals surface area contributed by atoms with E-state index >= 15 is 0 Å². The Bertz CT molecular complexity index is 769. The Morgan fingerprint density at radius 2 is 1.68 bits per heavy atom. The first-order chi connectivity index (χ1) is 11.8. The summed E-state index contributed by atoms with van der Waals surface area (Å²) in [6, 6.07) is 10.4. The molecule has 132 valence electrons. The number of quaternary nitrogens is 1. The van der Waals surface area contributed by atoms with Gasteiger partial charge < -0.3 is 9.64 Å². The molecule has 2 aromatic rings. The van der Waals surface area contributed by atoms with Crippen LogP contribution in [0, 0.1) is 5.82 Å². The maximum Gasteiger partial charge on any atom is 0.220 e. The quantitative estimate of drug-likeness (QED) is 0.782. The number of ether oxygens (including phenoxy) is 1. The summed E-state index contributed by atoms with van der Waals surface area (Å²) in [4.78, 5) is 25.5. The molecule has 0 fully saturated rings. The molecule has 0 amide bonds. The van der Waals surface area contributed by atoms with E-state index < -0.39 is 0 Å². The summed E-state index contributed by atoms with van der Waals surface area (Å²) < 4.78 is 18.5. The smallest absolute Gasteiger partial charge is 0.220 e. The molecule has 0 aliphatic rings. The Labute approximate surface area is 147 Å². The van der Waals surface area contributed by atoms with E-state index in [1.807, 2.05) is 14.1 Å². The summed E-state index contributed by atoms with van der Waals surface area (Å²) in [6.45, 7) is 1.50. The van der Waals surface area contributed by atoms with Crippen molar-refractivity contribution >= 4 is 11.6 Å². The van der Waals surface area contributed by atoms with Crippen molar-refractivity contribution in [3.05, 3.63) is 65.0 Å². The maximum atomic E-state index is 13.1. The molecule has 0 aromatic heterocycles. The second kappa shape index (κ2) is 8.03. The summed E-state index contributed by atoms with van der Waals surface area (Å²) >= 11 is 0. The van der Waals surface area contributed by atoms with Crippen LogP contribution in [0.1, 0.15) is 33.2 Å². The summed E-state index contributed by atoms with van der Waals surface area (Å²) in [7, 11) is 5.35. The summed E-state index contributed by atoms with van der Waals surface area (Å²) in [5.41, 5.74) is 1.85. The highest BCUT2D eigenvalue weighted by atomic mass is 19.1. The Kier molecular flexibility index (Phi) is 6.04. The molecule has 4 nitrogen and oxygen atoms in total. The van der Waals surface area contributed by atoms with Gasteiger partial charge in [0.1, 0.15) is 11.6 Å². The molecule has 1 atom stereocenters. The van der Waals surface area contributed by atoms with E-state index in [0.717, 1.165) is 10.5 Å². The number of ketones is 2. The van der Waals surface area contributed by atoms with Gasteiger partial charge in [0.25, 0.3) is 0 Å². The number of carbonyl (C=O) groups excluding carboxylic acids is 2. The first-order valence-electron chi connectivity index (χ1n) is 8.11. The van der Waals surface area contributed by atoms with Gasteiger partial charge in [-0.3, -0.25) is 9.59 Å². The minimum atomic E-state index is -0.374. The number of benzene rings is 2. The number of rotatable bonds is 7. The van der Waals surface area contributed by atoms with Crippen LogP contribution in [0.2, 0.25) is 0 Å². The number of carbonyl (C=O) groups is 2. The van der Waals surface area contributed by atoms with Gasteiger partial charge in [-0.1, -0.05) is 0 Å². The van der Waals surface area contributed by atoms with Gasteiger partial charge in [-0.15, -0.1) is 0 Å². The van der Waals surface area contributed by atoms with Gasteiger partial charge >= 0.3 is 0 Å². The summed E-state index contributed by atoms with van der Waals surface area (Å²) in [6.07, 6.45) is 0.419. The average Bonchev–Trinajstić information content (AvgIpc) is 2.59. The third kappa shape index (κ3) is 4.51. The van der Waals surface area contributed by atoms with Crippen LogP contribution in [0.5, 0.6) is 5.75 Å². The molecule has 0 saturated heterocycles. The van der Waals surface area contributed by atoms with Crippen LogP contribution in [-0.2, 0) is 6.42 Å². The summed E-state index contributed by atoms with van der Waals surface area (Å²) in [5.74, 6) is 0.155. The zero-order chi connectivity index (χ0) is 18.6. The van der Waals surface area contributed by atoms with Crippen LogP contribution in [0.25, 0.3) is 0 Å². The number of nitrogens with one attached hydrogen (secondary N) is 1. The van der Waals surface area contributed by atoms with Crippen molar-refractivity contribution in [1.82, 2.24) is 0 Å². The van der Waals surface area contributed by atoms with Crippen LogP contribution in [0.3, 0.4) is 0 Å². The minimum absolute atomic E-state index is 0.0393. The van der Waals surface area contributed by atoms with Crippen molar-refractivity contribution in [2.75, 3.05) is 21.2 Å². The monoisotopic (exact) mass is 344 g/mol. The van der Waals surface area contributed by atoms with Gasteiger partial charge in [0.15, 0.2) is 11.8 Å². The fourth-order valence-electron chi connectivity index (χ4n) is 2.75. The topological polar surface area (TPSA) is 47.8 Å². The molecule has 0 unspecified atom stereocenters. The van der Waals surface area contributed by atoms with Crippen molar-refractivity contribution in [3.63, 3.8) is 0 Å². The number of methoxy groups -OCH3 is 1. The van der Waals surface area contributed by atoms with E-state index in [-0.39, 0.29) is 23.4 Å². The third-order valence-corrected chi connectivity index (χ3v) is 4.25. The second-order valence-electron chi connectivity index (χ2n) is 6.29. The highest BCUT2D eigenvalue weighted by molar-refractivity contribution is 5.99. The molecular weight excluding hydrogens is 321 g/mol. The molecule has 0 radical (unpaired) electrons. The standard InChI is InChI=1S/C20H22FNO3/c1-13(23)15-7-10-19(25-4)16(11-15)12-18(22(2)3)20(24)14-5-8-17(21)9-6-14/h5-11,18H,12H2,1-4H3/p+1/t18-/m1/s1. The molecule has 0 bridgehead atoms. The lowest BCUT2D eigenvalue weighted by Gasteiger charge is -2.21. The molecule has 5 heteroatoms. The minimum Gasteiger partial charge on any atom is -0.496 e. The van der Waals surface area contributed by atoms with E-state index in [2.05, 4.69) is 0 Å². The zero-order valence-electron chi connectivity index (χ0n) is 14.9. The summed E-state index contributed by atoms with van der Waals surface area (Å²) in [5, 5.41) is 0. The Balaban J connectivity index is 2.36. The predicted molar refractivity (Wildman–Crippen MR) is 94.0 cm³/mol. The van der Waals surface area contributed by atoms with E-state index in [4.69, 9.17) is 4.74 Å². The Morgan fingerprint density at radius 1 is 1.08 bits per heavy atom. The number of halogens is 1. The fraction of sp³-hybridized carbons (Fsp3) is 0.300. The molecule has 1 N–H and O–H groups in total. The maximum absolute atomic E-state index is 13.1. The van der Waals surface area contributed by atoms with Crippen molar-refractivity contribution in [2.45, 2.75) is 19.4 Å². The van der Waals surface area contributed by atoms with E-state index in [9.17, 15) is 14.0 Å². The zero-order valence-corrected chi connectivity index (χ0v) is 14.9. The lowest BCUT2D eigenvalue weighted by Crippen LogP contribution is -3.11. The van der Waals surface area contributed by atoms with Crippen molar-refractivity contribution in [1.29, 1.82) is 0 Å². The highest BCUT2D eigenvalue weighted by Gasteiger charge is 2.27. The van der Waals surface area contributed by atoms with Crippen molar-refractivity contribution in [3.8, 4) is 5.75 Å². The Hall–Kier alpha value is -2.53. The molecular formula is C20H23FNO3+. The van der Waals surface area contributed by atoms with E-state index in [0.29, 0.717) is 23.3 Å². The largest absolute Gasteiger partial charge is 0.496 e.